The number of allylic oxidation sites excluding steroid dienone is 1. The second-order valence-corrected chi connectivity index (χ2v) is 3.14. The van der Waals surface area contributed by atoms with Gasteiger partial charge in [-0.2, -0.15) is 8.42 Å². The number of rotatable bonds is 0. The number of hydrogen-bond acceptors (Lipinski definition) is 3. The summed E-state index contributed by atoms with van der Waals surface area (Å²) in [4.78, 5) is 0. The molecule has 1 aliphatic rings. The third-order valence-electron chi connectivity index (χ3n) is 0.832. The fourth-order valence-electron chi connectivity index (χ4n) is 0.466. The first kappa shape index (κ1) is 6.17. The zero-order valence-corrected chi connectivity index (χ0v) is 5.31. The molecule has 0 bridgehead atoms. The maximum Gasteiger partial charge on any atom is 0.313 e. The lowest BCUT2D eigenvalue weighted by atomic mass is 10.5. The molecule has 1 rings (SSSR count). The maximum atomic E-state index is 10.4. The van der Waals surface area contributed by atoms with Crippen LogP contribution >= 0.6 is 0 Å². The molecule has 0 aromatic heterocycles. The van der Waals surface area contributed by atoms with Gasteiger partial charge in [0.15, 0.2) is 5.76 Å². The van der Waals surface area contributed by atoms with Crippen molar-refractivity contribution in [3.63, 3.8) is 0 Å². The molecule has 9 heavy (non-hydrogen) atoms. The van der Waals surface area contributed by atoms with Crippen molar-refractivity contribution in [2.24, 2.45) is 0 Å². The summed E-state index contributed by atoms with van der Waals surface area (Å²) in [6.45, 7) is 0. The van der Waals surface area contributed by atoms with Crippen molar-refractivity contribution in [2.45, 2.75) is 0 Å². The first-order chi connectivity index (χ1) is 4.14. The normalized spacial score (nSPS) is 21.9. The van der Waals surface area contributed by atoms with Crippen LogP contribution in [-0.2, 0) is 14.3 Å². The smallest absolute Gasteiger partial charge is 0.313 e. The summed E-state index contributed by atoms with van der Waals surface area (Å²) in [5, 5.41) is 0. The number of hydrogen-bond donors (Lipinski definition) is 0. The van der Waals surface area contributed by atoms with E-state index in [1.807, 2.05) is 0 Å². The van der Waals surface area contributed by atoms with E-state index in [2.05, 4.69) is 10.1 Å². The third kappa shape index (κ3) is 1.24. The highest BCUT2D eigenvalue weighted by atomic mass is 32.2. The molecule has 3 nitrogen and oxygen atoms in total. The number of terminal acetylenes is 1. The molecule has 0 aliphatic carbocycles. The van der Waals surface area contributed by atoms with E-state index < -0.39 is 10.1 Å². The van der Waals surface area contributed by atoms with Gasteiger partial charge in [0.1, 0.15) is 5.75 Å². The second-order valence-electron chi connectivity index (χ2n) is 1.52. The molecule has 0 spiro atoms. The lowest BCUT2D eigenvalue weighted by molar-refractivity contribution is 0.439. The van der Waals surface area contributed by atoms with Crippen LogP contribution in [0.1, 0.15) is 0 Å². The minimum absolute atomic E-state index is 0.0926. The molecule has 0 N–H and O–H groups in total. The minimum atomic E-state index is -3.34. The SMILES string of the molecule is C#CC1=CCS(=O)(=O)O1. The Morgan fingerprint density at radius 2 is 2.44 bits per heavy atom. The van der Waals surface area contributed by atoms with Crippen LogP contribution in [0.15, 0.2) is 11.8 Å². The third-order valence-corrected chi connectivity index (χ3v) is 1.84. The highest BCUT2D eigenvalue weighted by Gasteiger charge is 2.18. The molecule has 0 aromatic carbocycles. The summed E-state index contributed by atoms with van der Waals surface area (Å²) in [5.74, 6) is 2.07. The fraction of sp³-hybridized carbons (Fsp3) is 0.200. The molecular weight excluding hydrogens is 140 g/mol. The largest absolute Gasteiger partial charge is 0.373 e. The van der Waals surface area contributed by atoms with Crippen molar-refractivity contribution < 1.29 is 12.6 Å². The van der Waals surface area contributed by atoms with Crippen molar-refractivity contribution in [1.29, 1.82) is 0 Å². The molecule has 0 aromatic rings. The average Bonchev–Trinajstić information content (AvgIpc) is 2.10. The van der Waals surface area contributed by atoms with Crippen molar-refractivity contribution in [1.82, 2.24) is 0 Å². The van der Waals surface area contributed by atoms with Gasteiger partial charge in [0.2, 0.25) is 0 Å². The van der Waals surface area contributed by atoms with Gasteiger partial charge in [-0.1, -0.05) is 0 Å². The minimum Gasteiger partial charge on any atom is -0.373 e. The van der Waals surface area contributed by atoms with E-state index in [4.69, 9.17) is 6.42 Å². The molecule has 0 atom stereocenters. The Morgan fingerprint density at radius 3 is 2.67 bits per heavy atom. The molecule has 0 saturated heterocycles. The average molecular weight is 144 g/mol. The zero-order chi connectivity index (χ0) is 6.91. The van der Waals surface area contributed by atoms with Gasteiger partial charge in [-0.25, -0.2) is 0 Å². The first-order valence-corrected chi connectivity index (χ1v) is 3.81. The first-order valence-electron chi connectivity index (χ1n) is 2.23. The van der Waals surface area contributed by atoms with Gasteiger partial charge >= 0.3 is 10.1 Å². The summed E-state index contributed by atoms with van der Waals surface area (Å²) < 4.78 is 25.2. The van der Waals surface area contributed by atoms with Crippen molar-refractivity contribution in [2.75, 3.05) is 5.75 Å². The molecule has 0 saturated carbocycles. The van der Waals surface area contributed by atoms with E-state index in [0.29, 0.717) is 0 Å². The van der Waals surface area contributed by atoms with E-state index in [0.717, 1.165) is 0 Å². The molecule has 1 aliphatic heterocycles. The van der Waals surface area contributed by atoms with E-state index in [9.17, 15) is 8.42 Å². The summed E-state index contributed by atoms with van der Waals surface area (Å²) >= 11 is 0. The highest BCUT2D eigenvalue weighted by molar-refractivity contribution is 7.87. The van der Waals surface area contributed by atoms with Crippen molar-refractivity contribution >= 4 is 10.1 Å². The van der Waals surface area contributed by atoms with Crippen molar-refractivity contribution in [3.05, 3.63) is 11.8 Å². The van der Waals surface area contributed by atoms with Gasteiger partial charge in [0.05, 0.1) is 0 Å². The summed E-state index contributed by atoms with van der Waals surface area (Å²) in [6.07, 6.45) is 6.20. The highest BCUT2D eigenvalue weighted by Crippen LogP contribution is 2.11. The Labute approximate surface area is 53.5 Å². The van der Waals surface area contributed by atoms with E-state index in [1.54, 1.807) is 0 Å². The molecule has 4 heteroatoms. The molecule has 0 fully saturated rings. The Balaban J connectivity index is 2.87. The quantitative estimate of drug-likeness (QED) is 0.351. The molecule has 48 valence electrons. The summed E-state index contributed by atoms with van der Waals surface area (Å²) in [5.41, 5.74) is 0. The summed E-state index contributed by atoms with van der Waals surface area (Å²) in [7, 11) is -3.34. The Morgan fingerprint density at radius 1 is 1.78 bits per heavy atom. The Kier molecular flexibility index (Phi) is 1.22. The van der Waals surface area contributed by atoms with E-state index >= 15 is 0 Å². The predicted molar refractivity (Wildman–Crippen MR) is 31.8 cm³/mol. The van der Waals surface area contributed by atoms with Gasteiger partial charge in [0.25, 0.3) is 0 Å². The monoisotopic (exact) mass is 144 g/mol. The van der Waals surface area contributed by atoms with Gasteiger partial charge < -0.3 is 4.18 Å². The second kappa shape index (κ2) is 1.78. The topological polar surface area (TPSA) is 43.4 Å². The van der Waals surface area contributed by atoms with Crippen molar-refractivity contribution in [3.8, 4) is 12.3 Å². The zero-order valence-electron chi connectivity index (χ0n) is 4.49. The molecule has 0 radical (unpaired) electrons. The van der Waals surface area contributed by atoms with Crippen LogP contribution in [0.2, 0.25) is 0 Å². The summed E-state index contributed by atoms with van der Waals surface area (Å²) in [6, 6.07) is 0. The maximum absolute atomic E-state index is 10.4. The van der Waals surface area contributed by atoms with Crippen LogP contribution in [0.3, 0.4) is 0 Å². The fourth-order valence-corrected chi connectivity index (χ4v) is 1.28. The van der Waals surface area contributed by atoms with Gasteiger partial charge in [-0.15, -0.1) is 6.42 Å². The molecule has 0 amide bonds. The van der Waals surface area contributed by atoms with Crippen LogP contribution < -0.4 is 0 Å². The van der Waals surface area contributed by atoms with Gasteiger partial charge in [-0.05, 0) is 12.0 Å². The van der Waals surface area contributed by atoms with Gasteiger partial charge in [0, 0.05) is 0 Å². The van der Waals surface area contributed by atoms with E-state index in [1.165, 1.54) is 6.08 Å². The predicted octanol–water partition coefficient (Wildman–Crippen LogP) is -0.136. The van der Waals surface area contributed by atoms with Crippen LogP contribution in [0.25, 0.3) is 0 Å². The van der Waals surface area contributed by atoms with Gasteiger partial charge in [-0.3, -0.25) is 0 Å². The Hall–Kier alpha value is -0.950. The lowest BCUT2D eigenvalue weighted by Gasteiger charge is -1.91. The molecule has 0 unspecified atom stereocenters. The standard InChI is InChI=1S/C5H4O3S/c1-2-5-3-4-9(6,7)8-5/h1,3H,4H2. The van der Waals surface area contributed by atoms with Crippen LogP contribution in [0, 0.1) is 12.3 Å². The van der Waals surface area contributed by atoms with Crippen LogP contribution in [-0.4, -0.2) is 14.2 Å². The lowest BCUT2D eigenvalue weighted by Crippen LogP contribution is -1.98. The molecule has 1 heterocycles. The van der Waals surface area contributed by atoms with E-state index in [-0.39, 0.29) is 11.5 Å². The van der Waals surface area contributed by atoms with Crippen LogP contribution in [0.4, 0.5) is 0 Å². The molecular formula is C5H4O3S. The van der Waals surface area contributed by atoms with Crippen LogP contribution in [0.5, 0.6) is 0 Å². The Bertz CT molecular complexity index is 278.